The van der Waals surface area contributed by atoms with Gasteiger partial charge in [-0.2, -0.15) is 0 Å². The standard InChI is InChI=1S/C23H25N3O2S/c27-20-9-6-18(7-10-20)8-11-22-17-24-23(29-22)25-19-4-3-5-21(16-19)28-15-14-26-12-1-2-13-26/h3-11,16-17,27H,1-2,12-15H2,(H,24,25). The van der Waals surface area contributed by atoms with Gasteiger partial charge in [0.1, 0.15) is 18.1 Å². The van der Waals surface area contributed by atoms with E-state index in [9.17, 15) is 5.11 Å². The summed E-state index contributed by atoms with van der Waals surface area (Å²) < 4.78 is 5.92. The van der Waals surface area contributed by atoms with Gasteiger partial charge in [-0.25, -0.2) is 4.98 Å². The SMILES string of the molecule is Oc1ccc(C=Cc2cnc(Nc3cccc(OCCN4CCCC4)c3)s2)cc1. The molecule has 0 amide bonds. The highest BCUT2D eigenvalue weighted by Crippen LogP contribution is 2.26. The quantitative estimate of drug-likeness (QED) is 0.535. The van der Waals surface area contributed by atoms with Crippen molar-refractivity contribution in [3.63, 3.8) is 0 Å². The maximum atomic E-state index is 9.35. The summed E-state index contributed by atoms with van der Waals surface area (Å²) in [5, 5.41) is 13.5. The number of hydrogen-bond donors (Lipinski definition) is 2. The van der Waals surface area contributed by atoms with Gasteiger partial charge in [0, 0.05) is 29.4 Å². The lowest BCUT2D eigenvalue weighted by atomic mass is 10.2. The highest BCUT2D eigenvalue weighted by molar-refractivity contribution is 7.16. The number of phenols is 1. The predicted octanol–water partition coefficient (Wildman–Crippen LogP) is 5.24. The molecule has 3 aromatic rings. The topological polar surface area (TPSA) is 57.6 Å². The average molecular weight is 408 g/mol. The number of nitrogens with zero attached hydrogens (tertiary/aromatic N) is 2. The minimum Gasteiger partial charge on any atom is -0.508 e. The Hall–Kier alpha value is -2.83. The number of phenolic OH excluding ortho intramolecular Hbond substituents is 1. The lowest BCUT2D eigenvalue weighted by Gasteiger charge is -2.15. The van der Waals surface area contributed by atoms with Gasteiger partial charge in [-0.3, -0.25) is 4.90 Å². The number of benzene rings is 2. The molecule has 0 atom stereocenters. The van der Waals surface area contributed by atoms with E-state index in [-0.39, 0.29) is 5.75 Å². The molecule has 150 valence electrons. The highest BCUT2D eigenvalue weighted by atomic mass is 32.1. The largest absolute Gasteiger partial charge is 0.508 e. The second kappa shape index (κ2) is 9.58. The molecular weight excluding hydrogens is 382 g/mol. The van der Waals surface area contributed by atoms with Crippen molar-refractivity contribution in [3.05, 3.63) is 65.2 Å². The molecule has 0 spiro atoms. The number of rotatable bonds is 8. The summed E-state index contributed by atoms with van der Waals surface area (Å²) in [6, 6.07) is 15.1. The summed E-state index contributed by atoms with van der Waals surface area (Å²) in [6.07, 6.45) is 8.48. The van der Waals surface area contributed by atoms with Crippen LogP contribution in [0.15, 0.2) is 54.7 Å². The zero-order valence-electron chi connectivity index (χ0n) is 16.3. The van der Waals surface area contributed by atoms with Crippen LogP contribution in [0.5, 0.6) is 11.5 Å². The van der Waals surface area contributed by atoms with Crippen LogP contribution in [0.1, 0.15) is 23.3 Å². The van der Waals surface area contributed by atoms with Crippen molar-refractivity contribution in [2.24, 2.45) is 0 Å². The van der Waals surface area contributed by atoms with E-state index in [0.29, 0.717) is 6.61 Å². The van der Waals surface area contributed by atoms with Crippen LogP contribution in [0.4, 0.5) is 10.8 Å². The number of likely N-dealkylation sites (tertiary alicyclic amines) is 1. The molecule has 0 radical (unpaired) electrons. The van der Waals surface area contributed by atoms with Crippen molar-refractivity contribution in [2.45, 2.75) is 12.8 Å². The molecule has 1 aliphatic rings. The number of thiazole rings is 1. The number of nitrogens with one attached hydrogen (secondary N) is 1. The van der Waals surface area contributed by atoms with Gasteiger partial charge in [-0.05, 0) is 61.8 Å². The van der Waals surface area contributed by atoms with Gasteiger partial charge < -0.3 is 15.2 Å². The fourth-order valence-corrected chi connectivity index (χ4v) is 4.01. The minimum absolute atomic E-state index is 0.272. The number of ether oxygens (including phenoxy) is 1. The third kappa shape index (κ3) is 5.82. The van der Waals surface area contributed by atoms with Crippen molar-refractivity contribution in [1.82, 2.24) is 9.88 Å². The van der Waals surface area contributed by atoms with Crippen LogP contribution in [-0.2, 0) is 0 Å². The van der Waals surface area contributed by atoms with E-state index in [1.807, 2.05) is 54.7 Å². The van der Waals surface area contributed by atoms with Crippen LogP contribution in [0.3, 0.4) is 0 Å². The first-order valence-electron chi connectivity index (χ1n) is 9.90. The molecule has 1 aromatic heterocycles. The maximum Gasteiger partial charge on any atom is 0.187 e. The Bertz CT molecular complexity index is 947. The molecule has 29 heavy (non-hydrogen) atoms. The molecule has 6 heteroatoms. The van der Waals surface area contributed by atoms with E-state index < -0.39 is 0 Å². The third-order valence-electron chi connectivity index (χ3n) is 4.82. The molecule has 0 bridgehead atoms. The molecule has 2 N–H and O–H groups in total. The lowest BCUT2D eigenvalue weighted by molar-refractivity contribution is 0.238. The van der Waals surface area contributed by atoms with Crippen LogP contribution in [0.25, 0.3) is 12.2 Å². The number of hydrogen-bond acceptors (Lipinski definition) is 6. The third-order valence-corrected chi connectivity index (χ3v) is 5.69. The van der Waals surface area contributed by atoms with Crippen LogP contribution >= 0.6 is 11.3 Å². The average Bonchev–Trinajstić information content (AvgIpc) is 3.40. The molecule has 1 aliphatic heterocycles. The van der Waals surface area contributed by atoms with Gasteiger partial charge in [0.2, 0.25) is 0 Å². The number of aromatic hydroxyl groups is 1. The minimum atomic E-state index is 0.272. The molecule has 0 aliphatic carbocycles. The van der Waals surface area contributed by atoms with Crippen molar-refractivity contribution in [3.8, 4) is 11.5 Å². The van der Waals surface area contributed by atoms with Crippen LogP contribution in [0, 0.1) is 0 Å². The van der Waals surface area contributed by atoms with Gasteiger partial charge in [0.15, 0.2) is 5.13 Å². The number of aromatic nitrogens is 1. The zero-order valence-corrected chi connectivity index (χ0v) is 17.1. The molecule has 5 nitrogen and oxygen atoms in total. The Kier molecular flexibility index (Phi) is 6.44. The van der Waals surface area contributed by atoms with Crippen molar-refractivity contribution < 1.29 is 9.84 Å². The first-order valence-corrected chi connectivity index (χ1v) is 10.7. The molecule has 0 saturated carbocycles. The van der Waals surface area contributed by atoms with E-state index in [1.54, 1.807) is 23.5 Å². The molecule has 1 saturated heterocycles. The zero-order chi connectivity index (χ0) is 19.9. The van der Waals surface area contributed by atoms with Crippen LogP contribution in [0.2, 0.25) is 0 Å². The lowest BCUT2D eigenvalue weighted by Crippen LogP contribution is -2.25. The summed E-state index contributed by atoms with van der Waals surface area (Å²) >= 11 is 1.58. The van der Waals surface area contributed by atoms with Crippen LogP contribution < -0.4 is 10.1 Å². The first kappa shape index (κ1) is 19.5. The summed E-state index contributed by atoms with van der Waals surface area (Å²) in [5.41, 5.74) is 2.00. The second-order valence-electron chi connectivity index (χ2n) is 7.04. The maximum absolute atomic E-state index is 9.35. The van der Waals surface area contributed by atoms with Gasteiger partial charge in [0.25, 0.3) is 0 Å². The summed E-state index contributed by atoms with van der Waals surface area (Å²) in [4.78, 5) is 7.95. The molecular formula is C23H25N3O2S. The van der Waals surface area contributed by atoms with Gasteiger partial charge in [-0.1, -0.05) is 35.6 Å². The monoisotopic (exact) mass is 407 g/mol. The Morgan fingerprint density at radius 1 is 1.10 bits per heavy atom. The molecule has 0 unspecified atom stereocenters. The van der Waals surface area contributed by atoms with E-state index >= 15 is 0 Å². The summed E-state index contributed by atoms with van der Waals surface area (Å²) in [5.74, 6) is 1.15. The fourth-order valence-electron chi connectivity index (χ4n) is 3.27. The Labute approximate surface area is 175 Å². The summed E-state index contributed by atoms with van der Waals surface area (Å²) in [6.45, 7) is 4.09. The van der Waals surface area contributed by atoms with E-state index in [1.165, 1.54) is 25.9 Å². The van der Waals surface area contributed by atoms with Crippen molar-refractivity contribution in [2.75, 3.05) is 31.6 Å². The Morgan fingerprint density at radius 3 is 2.76 bits per heavy atom. The number of anilines is 2. The van der Waals surface area contributed by atoms with Gasteiger partial charge in [-0.15, -0.1) is 0 Å². The van der Waals surface area contributed by atoms with Gasteiger partial charge in [0.05, 0.1) is 0 Å². The Balaban J connectivity index is 1.31. The fraction of sp³-hybridized carbons (Fsp3) is 0.261. The van der Waals surface area contributed by atoms with E-state index in [0.717, 1.165) is 33.6 Å². The predicted molar refractivity (Wildman–Crippen MR) is 120 cm³/mol. The Morgan fingerprint density at radius 2 is 1.93 bits per heavy atom. The van der Waals surface area contributed by atoms with Crippen LogP contribution in [-0.4, -0.2) is 41.2 Å². The molecule has 1 fully saturated rings. The van der Waals surface area contributed by atoms with Gasteiger partial charge >= 0.3 is 0 Å². The normalized spacial score (nSPS) is 14.5. The smallest absolute Gasteiger partial charge is 0.187 e. The van der Waals surface area contributed by atoms with Crippen molar-refractivity contribution >= 4 is 34.3 Å². The highest BCUT2D eigenvalue weighted by Gasteiger charge is 2.10. The van der Waals surface area contributed by atoms with E-state index in [2.05, 4.69) is 15.2 Å². The van der Waals surface area contributed by atoms with E-state index in [4.69, 9.17) is 4.74 Å². The van der Waals surface area contributed by atoms with Crippen molar-refractivity contribution in [1.29, 1.82) is 0 Å². The molecule has 4 rings (SSSR count). The first-order chi connectivity index (χ1) is 14.2. The molecule has 2 heterocycles. The molecule has 2 aromatic carbocycles. The summed E-state index contributed by atoms with van der Waals surface area (Å²) in [7, 11) is 0. The second-order valence-corrected chi connectivity index (χ2v) is 8.10.